The molecule has 3 aliphatic heterocycles. The van der Waals surface area contributed by atoms with E-state index in [-0.39, 0.29) is 49.6 Å². The van der Waals surface area contributed by atoms with E-state index in [0.717, 1.165) is 4.57 Å². The molecule has 3 aliphatic rings. The van der Waals surface area contributed by atoms with E-state index in [1.807, 2.05) is 0 Å². The molecule has 0 atom stereocenters. The molecule has 5 heterocycles. The number of rotatable bonds is 11. The van der Waals surface area contributed by atoms with Crippen molar-refractivity contribution < 1.29 is 66.4 Å². The van der Waals surface area contributed by atoms with Crippen molar-refractivity contribution in [3.8, 4) is 17.2 Å². The number of hydrogen-bond acceptors (Lipinski definition) is 16. The molecule has 0 unspecified atom stereocenters. The highest BCUT2D eigenvalue weighted by atomic mass is 32.2. The normalized spacial score (nSPS) is 18.0. The van der Waals surface area contributed by atoms with Gasteiger partial charge in [0.1, 0.15) is 33.5 Å². The summed E-state index contributed by atoms with van der Waals surface area (Å²) < 4.78 is 54.9. The zero-order valence-electron chi connectivity index (χ0n) is 26.8. The average molecular weight is 813 g/mol. The van der Waals surface area contributed by atoms with E-state index in [1.54, 1.807) is 24.0 Å². The third-order valence-electron chi connectivity index (χ3n) is 7.57. The second-order valence-electron chi connectivity index (χ2n) is 11.3. The van der Waals surface area contributed by atoms with Crippen molar-refractivity contribution >= 4 is 91.5 Å². The number of benzene rings is 1. The van der Waals surface area contributed by atoms with Gasteiger partial charge in [-0.3, -0.25) is 47.4 Å². The number of thiocarbonyl (C=S) groups is 1. The van der Waals surface area contributed by atoms with Gasteiger partial charge in [0.25, 0.3) is 26.4 Å². The smallest absolute Gasteiger partial charge is 0.323 e. The first-order valence-electron chi connectivity index (χ1n) is 14.9. The number of carboxylic acids is 3. The van der Waals surface area contributed by atoms with E-state index in [9.17, 15) is 57.1 Å². The number of amides is 1. The fourth-order valence-electron chi connectivity index (χ4n) is 5.41. The SMILES string of the molecule is C/C(C=c1s/c(=c2/s/c(=C3/OC(=S)N(CC(=O)O)C3=O)n(CC(=O)O)c2=O)n(CC(=O)O)c1=O)=C1\Oc2cc3c(cc2N1CCCS(=O)(=O)O)OCO3. The molecule has 6 rings (SSSR count). The fourth-order valence-corrected chi connectivity index (χ4v) is 8.53. The van der Waals surface area contributed by atoms with Gasteiger partial charge in [-0.05, 0) is 31.6 Å². The van der Waals surface area contributed by atoms with Crippen LogP contribution in [0.5, 0.6) is 17.2 Å². The Hall–Kier alpha value is -5.56. The van der Waals surface area contributed by atoms with Crippen molar-refractivity contribution in [1.82, 2.24) is 14.0 Å². The average Bonchev–Trinajstić information content (AvgIpc) is 3.86. The first kappa shape index (κ1) is 37.2. The van der Waals surface area contributed by atoms with Gasteiger partial charge in [0.05, 0.1) is 16.0 Å². The Labute approximate surface area is 307 Å². The Kier molecular flexibility index (Phi) is 9.90. The Morgan fingerprint density at radius 2 is 1.49 bits per heavy atom. The van der Waals surface area contributed by atoms with Crippen molar-refractivity contribution in [3.05, 3.63) is 62.7 Å². The Morgan fingerprint density at radius 3 is 2.11 bits per heavy atom. The van der Waals surface area contributed by atoms with Crippen LogP contribution in [-0.4, -0.2) is 96.9 Å². The van der Waals surface area contributed by atoms with E-state index in [2.05, 4.69) is 0 Å². The van der Waals surface area contributed by atoms with Crippen LogP contribution in [-0.2, 0) is 47.1 Å². The number of carbonyl (C=O) groups excluding carboxylic acids is 1. The molecule has 1 fully saturated rings. The van der Waals surface area contributed by atoms with Crippen molar-refractivity contribution in [2.75, 3.05) is 30.5 Å². The van der Waals surface area contributed by atoms with Crippen LogP contribution < -0.4 is 39.4 Å². The minimum Gasteiger partial charge on any atom is -0.480 e. The topological polar surface area (TPSA) is 271 Å². The van der Waals surface area contributed by atoms with Crippen LogP contribution in [0.3, 0.4) is 0 Å². The highest BCUT2D eigenvalue weighted by molar-refractivity contribution is 7.85. The molecular weight excluding hydrogens is 789 g/mol. The molecule has 4 N–H and O–H groups in total. The summed E-state index contributed by atoms with van der Waals surface area (Å²) in [6.45, 7) is -1.30. The molecule has 0 radical (unpaired) electrons. The highest BCUT2D eigenvalue weighted by Crippen LogP contribution is 2.48. The predicted octanol–water partition coefficient (Wildman–Crippen LogP) is -1.16. The van der Waals surface area contributed by atoms with Gasteiger partial charge in [0, 0.05) is 24.3 Å². The molecule has 53 heavy (non-hydrogen) atoms. The maximum absolute atomic E-state index is 13.8. The molecule has 0 bridgehead atoms. The summed E-state index contributed by atoms with van der Waals surface area (Å²) in [6, 6.07) is 3.16. The predicted molar refractivity (Wildman–Crippen MR) is 185 cm³/mol. The standard InChI is InChI=1S/C29H24N4O16S4/c1-12(26-30(3-2-4-53(43,44)45)13-6-15-16(47-11-46-15)7-14(13)48-26)5-17-23(40)31(8-18(34)35)28(51-17)22-25(42)32(9-19(36)37)27(52-22)21-24(41)33(10-20(38)39)29(50)49-21/h5-7H,2-4,8-11H2,1H3,(H,34,35)(H,36,37)(H,38,39)(H,43,44,45)/b17-5?,26-12+,27-21+,28-22+. The lowest BCUT2D eigenvalue weighted by molar-refractivity contribution is -0.140. The summed E-state index contributed by atoms with van der Waals surface area (Å²) in [5, 5.41) is 27.9. The number of thiazole rings is 2. The molecular formula is C29H24N4O16S4. The number of carboxylic acid groups (broad SMARTS) is 3. The number of aromatic nitrogens is 2. The quantitative estimate of drug-likeness (QED) is 0.131. The molecule has 2 aromatic heterocycles. The lowest BCUT2D eigenvalue weighted by Crippen LogP contribution is -2.35. The molecule has 1 amide bonds. The second-order valence-corrected chi connectivity index (χ2v) is 15.2. The number of nitrogens with zero attached hydrogens (tertiary/aromatic N) is 4. The maximum Gasteiger partial charge on any atom is 0.323 e. The second kappa shape index (κ2) is 14.1. The van der Waals surface area contributed by atoms with Gasteiger partial charge >= 0.3 is 23.8 Å². The molecule has 20 nitrogen and oxygen atoms in total. The van der Waals surface area contributed by atoms with Gasteiger partial charge < -0.3 is 39.2 Å². The Balaban J connectivity index is 1.57. The van der Waals surface area contributed by atoms with Crippen LogP contribution in [0.4, 0.5) is 5.69 Å². The number of allylic oxidation sites excluding steroid dienone is 1. The van der Waals surface area contributed by atoms with Crippen molar-refractivity contribution in [2.45, 2.75) is 26.4 Å². The number of fused-ring (bicyclic) bond motifs is 2. The summed E-state index contributed by atoms with van der Waals surface area (Å²) in [6.07, 6.45) is 1.30. The number of ether oxygens (including phenoxy) is 4. The van der Waals surface area contributed by atoms with E-state index in [0.29, 0.717) is 55.1 Å². The van der Waals surface area contributed by atoms with Crippen LogP contribution >= 0.6 is 34.9 Å². The van der Waals surface area contributed by atoms with Gasteiger partial charge in [0.15, 0.2) is 17.2 Å². The fraction of sp³-hybridized carbons (Fsp3) is 0.276. The van der Waals surface area contributed by atoms with Gasteiger partial charge in [-0.15, -0.1) is 22.7 Å². The first-order chi connectivity index (χ1) is 24.9. The number of hydrogen-bond donors (Lipinski definition) is 4. The highest BCUT2D eigenvalue weighted by Gasteiger charge is 2.37. The summed E-state index contributed by atoms with van der Waals surface area (Å²) in [5.74, 6) is -5.51. The third kappa shape index (κ3) is 7.39. The molecule has 0 saturated carbocycles. The molecule has 3 aromatic rings. The van der Waals surface area contributed by atoms with Crippen LogP contribution in [0.15, 0.2) is 33.2 Å². The van der Waals surface area contributed by atoms with Gasteiger partial charge in [-0.25, -0.2) is 0 Å². The number of anilines is 1. The molecule has 1 saturated heterocycles. The lowest BCUT2D eigenvalue weighted by Gasteiger charge is -2.19. The summed E-state index contributed by atoms with van der Waals surface area (Å²) in [5.41, 5.74) is -1.16. The van der Waals surface area contributed by atoms with Crippen molar-refractivity contribution in [2.24, 2.45) is 0 Å². The van der Waals surface area contributed by atoms with E-state index < -0.39 is 81.4 Å². The van der Waals surface area contributed by atoms with Crippen molar-refractivity contribution in [3.63, 3.8) is 0 Å². The molecule has 1 aromatic carbocycles. The first-order valence-corrected chi connectivity index (χ1v) is 18.5. The van der Waals surface area contributed by atoms with Crippen LogP contribution in [0.2, 0.25) is 0 Å². The van der Waals surface area contributed by atoms with Gasteiger partial charge in [0.2, 0.25) is 18.4 Å². The summed E-state index contributed by atoms with van der Waals surface area (Å²) >= 11 is 6.14. The Bertz CT molecular complexity index is 2640. The monoisotopic (exact) mass is 812 g/mol. The summed E-state index contributed by atoms with van der Waals surface area (Å²) in [7, 11) is -4.31. The maximum atomic E-state index is 13.8. The zero-order chi connectivity index (χ0) is 38.5. The van der Waals surface area contributed by atoms with Crippen LogP contribution in [0.25, 0.3) is 11.8 Å². The number of carbonyl (C=O) groups is 4. The van der Waals surface area contributed by atoms with Crippen molar-refractivity contribution in [1.29, 1.82) is 0 Å². The van der Waals surface area contributed by atoms with E-state index >= 15 is 0 Å². The third-order valence-corrected chi connectivity index (χ3v) is 11.1. The molecule has 24 heteroatoms. The van der Waals surface area contributed by atoms with E-state index in [1.165, 1.54) is 6.08 Å². The zero-order valence-corrected chi connectivity index (χ0v) is 30.1. The van der Waals surface area contributed by atoms with E-state index in [4.69, 9.17) is 31.2 Å². The van der Waals surface area contributed by atoms with Gasteiger partial charge in [-0.1, -0.05) is 0 Å². The molecule has 0 spiro atoms. The minimum atomic E-state index is -4.31. The summed E-state index contributed by atoms with van der Waals surface area (Å²) in [4.78, 5) is 77.7. The minimum absolute atomic E-state index is 0.0138. The van der Waals surface area contributed by atoms with Crippen LogP contribution in [0.1, 0.15) is 13.3 Å². The number of aliphatic carboxylic acids is 3. The lowest BCUT2D eigenvalue weighted by atomic mass is 10.2. The molecule has 280 valence electrons. The Morgan fingerprint density at radius 1 is 0.868 bits per heavy atom. The largest absolute Gasteiger partial charge is 0.480 e. The van der Waals surface area contributed by atoms with Gasteiger partial charge in [-0.2, -0.15) is 8.42 Å². The van der Waals surface area contributed by atoms with Crippen LogP contribution in [0, 0.1) is 9.20 Å². The molecule has 0 aliphatic carbocycles.